The van der Waals surface area contributed by atoms with E-state index in [-0.39, 0.29) is 6.10 Å². The minimum Gasteiger partial charge on any atom is -0.392 e. The number of hydrogen-bond donors (Lipinski definition) is 2. The van der Waals surface area contributed by atoms with Crippen LogP contribution < -0.4 is 5.32 Å². The molecule has 5 atom stereocenters. The van der Waals surface area contributed by atoms with Gasteiger partial charge in [-0.1, -0.05) is 13.8 Å². The third-order valence-corrected chi connectivity index (χ3v) is 4.53. The largest absolute Gasteiger partial charge is 0.392 e. The van der Waals surface area contributed by atoms with Gasteiger partial charge in [0.25, 0.3) is 0 Å². The lowest BCUT2D eigenvalue weighted by Gasteiger charge is -2.34. The molecule has 2 fully saturated rings. The molecule has 2 rings (SSSR count). The van der Waals surface area contributed by atoms with Crippen LogP contribution in [-0.2, 0) is 0 Å². The van der Waals surface area contributed by atoms with Gasteiger partial charge in [-0.15, -0.1) is 0 Å². The fourth-order valence-electron chi connectivity index (χ4n) is 3.14. The van der Waals surface area contributed by atoms with E-state index in [4.69, 9.17) is 0 Å². The van der Waals surface area contributed by atoms with Crippen LogP contribution in [-0.4, -0.2) is 23.3 Å². The van der Waals surface area contributed by atoms with Gasteiger partial charge in [-0.05, 0) is 50.4 Å². The summed E-state index contributed by atoms with van der Waals surface area (Å²) in [6.45, 7) is 4.73. The summed E-state index contributed by atoms with van der Waals surface area (Å²) in [4.78, 5) is 0. The molecule has 0 aromatic rings. The highest BCUT2D eigenvalue weighted by atomic mass is 16.3. The zero-order chi connectivity index (χ0) is 10.8. The number of aliphatic hydroxyl groups excluding tert-OH is 1. The number of rotatable bonds is 2. The van der Waals surface area contributed by atoms with E-state index in [1.807, 2.05) is 0 Å². The molecule has 0 radical (unpaired) electrons. The van der Waals surface area contributed by atoms with Crippen molar-refractivity contribution in [2.45, 2.75) is 70.6 Å². The normalized spacial score (nSPS) is 47.0. The molecule has 2 saturated carbocycles. The van der Waals surface area contributed by atoms with Gasteiger partial charge in [0.2, 0.25) is 0 Å². The third-order valence-electron chi connectivity index (χ3n) is 4.53. The minimum atomic E-state index is -0.0837. The van der Waals surface area contributed by atoms with Gasteiger partial charge in [0.15, 0.2) is 0 Å². The topological polar surface area (TPSA) is 32.3 Å². The fourth-order valence-corrected chi connectivity index (χ4v) is 3.14. The summed E-state index contributed by atoms with van der Waals surface area (Å²) >= 11 is 0. The molecule has 0 aromatic carbocycles. The molecule has 0 amide bonds. The van der Waals surface area contributed by atoms with Gasteiger partial charge in [-0.25, -0.2) is 0 Å². The van der Waals surface area contributed by atoms with Crippen molar-refractivity contribution in [3.05, 3.63) is 0 Å². The van der Waals surface area contributed by atoms with Crippen LogP contribution in [0.4, 0.5) is 0 Å². The highest BCUT2D eigenvalue weighted by Gasteiger charge is 2.30. The molecular weight excluding hydrogens is 186 g/mol. The Morgan fingerprint density at radius 2 is 1.80 bits per heavy atom. The molecule has 15 heavy (non-hydrogen) atoms. The zero-order valence-electron chi connectivity index (χ0n) is 10.1. The van der Waals surface area contributed by atoms with Crippen LogP contribution in [0.5, 0.6) is 0 Å². The molecular formula is C13H25NO. The molecule has 0 spiro atoms. The molecule has 5 unspecified atom stereocenters. The summed E-state index contributed by atoms with van der Waals surface area (Å²) < 4.78 is 0. The van der Waals surface area contributed by atoms with Crippen LogP contribution in [0.15, 0.2) is 0 Å². The Kier molecular flexibility index (Phi) is 3.68. The Morgan fingerprint density at radius 1 is 1.00 bits per heavy atom. The van der Waals surface area contributed by atoms with E-state index in [9.17, 15) is 5.11 Å². The Labute approximate surface area is 93.5 Å². The Morgan fingerprint density at radius 3 is 2.40 bits per heavy atom. The monoisotopic (exact) mass is 211 g/mol. The molecule has 88 valence electrons. The van der Waals surface area contributed by atoms with Gasteiger partial charge in [-0.2, -0.15) is 0 Å². The van der Waals surface area contributed by atoms with Crippen LogP contribution in [0.25, 0.3) is 0 Å². The van der Waals surface area contributed by atoms with Crippen molar-refractivity contribution in [1.29, 1.82) is 0 Å². The van der Waals surface area contributed by atoms with Crippen molar-refractivity contribution in [2.75, 3.05) is 0 Å². The first-order chi connectivity index (χ1) is 7.16. The van der Waals surface area contributed by atoms with Crippen LogP contribution in [0.1, 0.15) is 52.4 Å². The molecule has 0 saturated heterocycles. The summed E-state index contributed by atoms with van der Waals surface area (Å²) in [7, 11) is 0. The predicted octanol–water partition coefficient (Wildman–Crippen LogP) is 2.31. The molecule has 2 heteroatoms. The first-order valence-corrected chi connectivity index (χ1v) is 6.61. The minimum absolute atomic E-state index is 0.0837. The summed E-state index contributed by atoms with van der Waals surface area (Å²) in [5.74, 6) is 1.73. The SMILES string of the molecule is CC1CCC(NC2CCCC2O)CC1C. The number of nitrogens with one attached hydrogen (secondary N) is 1. The Hall–Kier alpha value is -0.0800. The zero-order valence-corrected chi connectivity index (χ0v) is 10.1. The van der Waals surface area contributed by atoms with E-state index in [2.05, 4.69) is 19.2 Å². The van der Waals surface area contributed by atoms with E-state index in [0.29, 0.717) is 12.1 Å². The second-order valence-electron chi connectivity index (χ2n) is 5.74. The number of aliphatic hydroxyl groups is 1. The van der Waals surface area contributed by atoms with Crippen molar-refractivity contribution in [2.24, 2.45) is 11.8 Å². The molecule has 2 aliphatic carbocycles. The smallest absolute Gasteiger partial charge is 0.0693 e. The third kappa shape index (κ3) is 2.73. The van der Waals surface area contributed by atoms with Gasteiger partial charge < -0.3 is 10.4 Å². The molecule has 2 nitrogen and oxygen atoms in total. The Bertz CT molecular complexity index is 207. The number of hydrogen-bond acceptors (Lipinski definition) is 2. The fraction of sp³-hybridized carbons (Fsp3) is 1.00. The van der Waals surface area contributed by atoms with Crippen molar-refractivity contribution in [1.82, 2.24) is 5.32 Å². The summed E-state index contributed by atoms with van der Waals surface area (Å²) in [6.07, 6.45) is 7.22. The van der Waals surface area contributed by atoms with Crippen LogP contribution in [0, 0.1) is 11.8 Å². The van der Waals surface area contributed by atoms with Crippen LogP contribution in [0.2, 0.25) is 0 Å². The highest BCUT2D eigenvalue weighted by Crippen LogP contribution is 2.30. The predicted molar refractivity (Wildman–Crippen MR) is 62.7 cm³/mol. The highest BCUT2D eigenvalue weighted by molar-refractivity contribution is 4.88. The molecule has 0 aromatic heterocycles. The second-order valence-corrected chi connectivity index (χ2v) is 5.74. The Balaban J connectivity index is 1.80. The average molecular weight is 211 g/mol. The lowest BCUT2D eigenvalue weighted by molar-refractivity contribution is 0.128. The first kappa shape index (κ1) is 11.4. The standard InChI is InChI=1S/C13H25NO/c1-9-6-7-11(8-10(9)2)14-12-4-3-5-13(12)15/h9-15H,3-8H2,1-2H3. The van der Waals surface area contributed by atoms with Gasteiger partial charge in [-0.3, -0.25) is 0 Å². The van der Waals surface area contributed by atoms with Gasteiger partial charge >= 0.3 is 0 Å². The maximum absolute atomic E-state index is 9.77. The van der Waals surface area contributed by atoms with Crippen molar-refractivity contribution < 1.29 is 5.11 Å². The van der Waals surface area contributed by atoms with Crippen LogP contribution >= 0.6 is 0 Å². The second kappa shape index (κ2) is 4.84. The van der Waals surface area contributed by atoms with Gasteiger partial charge in [0, 0.05) is 12.1 Å². The lowest BCUT2D eigenvalue weighted by atomic mass is 9.79. The molecule has 2 aliphatic rings. The summed E-state index contributed by atoms with van der Waals surface area (Å²) in [5, 5.41) is 13.4. The molecule has 0 bridgehead atoms. The summed E-state index contributed by atoms with van der Waals surface area (Å²) in [5.41, 5.74) is 0. The van der Waals surface area contributed by atoms with E-state index < -0.39 is 0 Å². The average Bonchev–Trinajstić information content (AvgIpc) is 2.59. The molecule has 0 aliphatic heterocycles. The van der Waals surface area contributed by atoms with Crippen LogP contribution in [0.3, 0.4) is 0 Å². The van der Waals surface area contributed by atoms with Crippen molar-refractivity contribution in [3.63, 3.8) is 0 Å². The lowest BCUT2D eigenvalue weighted by Crippen LogP contribution is -2.45. The molecule has 2 N–H and O–H groups in total. The van der Waals surface area contributed by atoms with Crippen molar-refractivity contribution >= 4 is 0 Å². The quantitative estimate of drug-likeness (QED) is 0.734. The van der Waals surface area contributed by atoms with Gasteiger partial charge in [0.05, 0.1) is 6.10 Å². The van der Waals surface area contributed by atoms with E-state index in [1.54, 1.807) is 0 Å². The van der Waals surface area contributed by atoms with Gasteiger partial charge in [0.1, 0.15) is 0 Å². The maximum Gasteiger partial charge on any atom is 0.0693 e. The van der Waals surface area contributed by atoms with E-state index >= 15 is 0 Å². The van der Waals surface area contributed by atoms with E-state index in [0.717, 1.165) is 18.3 Å². The van der Waals surface area contributed by atoms with E-state index in [1.165, 1.54) is 32.1 Å². The van der Waals surface area contributed by atoms with Crippen molar-refractivity contribution in [3.8, 4) is 0 Å². The first-order valence-electron chi connectivity index (χ1n) is 6.61. The maximum atomic E-state index is 9.77. The molecule has 0 heterocycles. The summed E-state index contributed by atoms with van der Waals surface area (Å²) in [6, 6.07) is 1.05.